The van der Waals surface area contributed by atoms with Gasteiger partial charge in [-0.1, -0.05) is 48.0 Å². The van der Waals surface area contributed by atoms with Gasteiger partial charge >= 0.3 is 12.1 Å². The van der Waals surface area contributed by atoms with Gasteiger partial charge in [-0.05, 0) is 80.3 Å². The molecule has 3 aromatic carbocycles. The average molecular weight is 556 g/mol. The normalized spacial score (nSPS) is 12.1. The van der Waals surface area contributed by atoms with Gasteiger partial charge in [0, 0.05) is 22.2 Å². The number of benzene rings is 3. The second-order valence-electron chi connectivity index (χ2n) is 9.87. The fraction of sp³-hybridized carbons (Fsp3) is 0.333. The van der Waals surface area contributed by atoms with E-state index in [4.69, 9.17) is 21.1 Å². The van der Waals surface area contributed by atoms with E-state index in [0.717, 1.165) is 21.8 Å². The second-order valence-corrected chi connectivity index (χ2v) is 11.4. The van der Waals surface area contributed by atoms with E-state index < -0.39 is 17.8 Å². The highest BCUT2D eigenvalue weighted by Gasteiger charge is 2.24. The topological polar surface area (TPSA) is 76.1 Å². The van der Waals surface area contributed by atoms with Gasteiger partial charge in [-0.15, -0.1) is 11.8 Å². The van der Waals surface area contributed by atoms with Gasteiger partial charge in [0.15, 0.2) is 0 Å². The second kappa shape index (κ2) is 13.7. The number of aliphatic hydroxyl groups excluding tert-OH is 1. The molecular weight excluding hydrogens is 522 g/mol. The fourth-order valence-electron chi connectivity index (χ4n) is 3.65. The van der Waals surface area contributed by atoms with Crippen LogP contribution < -0.4 is 0 Å². The van der Waals surface area contributed by atoms with Gasteiger partial charge in [-0.3, -0.25) is 0 Å². The monoisotopic (exact) mass is 555 g/mol. The van der Waals surface area contributed by atoms with Gasteiger partial charge in [0.05, 0.1) is 25.3 Å². The van der Waals surface area contributed by atoms with E-state index in [-0.39, 0.29) is 12.5 Å². The largest absolute Gasteiger partial charge is 0.465 e. The van der Waals surface area contributed by atoms with Crippen molar-refractivity contribution >= 4 is 35.4 Å². The summed E-state index contributed by atoms with van der Waals surface area (Å²) < 4.78 is 10.3. The molecular formula is C30H34ClNO5S. The predicted octanol–water partition coefficient (Wildman–Crippen LogP) is 6.93. The highest BCUT2D eigenvalue weighted by molar-refractivity contribution is 7.98. The first-order valence-corrected chi connectivity index (χ1v) is 13.7. The molecule has 1 N–H and O–H groups in total. The van der Waals surface area contributed by atoms with Crippen LogP contribution in [-0.4, -0.2) is 47.9 Å². The fourth-order valence-corrected chi connectivity index (χ4v) is 4.70. The summed E-state index contributed by atoms with van der Waals surface area (Å²) in [6, 6.07) is 22.6. The lowest BCUT2D eigenvalue weighted by molar-refractivity contribution is 0.0147. The predicted molar refractivity (Wildman–Crippen MR) is 152 cm³/mol. The summed E-state index contributed by atoms with van der Waals surface area (Å²) in [7, 11) is 1.37. The van der Waals surface area contributed by atoms with Crippen molar-refractivity contribution in [2.75, 3.05) is 20.2 Å². The van der Waals surface area contributed by atoms with Crippen LogP contribution in [-0.2, 0) is 21.6 Å². The number of halogens is 1. The van der Waals surface area contributed by atoms with Crippen LogP contribution >= 0.6 is 23.4 Å². The molecule has 0 heterocycles. The number of esters is 1. The Morgan fingerprint density at radius 1 is 1.00 bits per heavy atom. The maximum atomic E-state index is 12.9. The first-order chi connectivity index (χ1) is 18.0. The number of carbonyl (C=O) groups excluding carboxylic acids is 2. The lowest BCUT2D eigenvalue weighted by Gasteiger charge is -2.29. The van der Waals surface area contributed by atoms with Crippen LogP contribution in [0.5, 0.6) is 0 Å². The van der Waals surface area contributed by atoms with Crippen LogP contribution in [0, 0.1) is 0 Å². The summed E-state index contributed by atoms with van der Waals surface area (Å²) in [5.74, 6) is 0.429. The third-order valence-electron chi connectivity index (χ3n) is 5.65. The smallest absolute Gasteiger partial charge is 0.410 e. The van der Waals surface area contributed by atoms with Crippen molar-refractivity contribution in [3.05, 3.63) is 100 Å². The zero-order chi connectivity index (χ0) is 27.7. The Hall–Kier alpha value is -3.00. The van der Waals surface area contributed by atoms with Crippen LogP contribution in [0.15, 0.2) is 77.7 Å². The van der Waals surface area contributed by atoms with Crippen LogP contribution in [0.2, 0.25) is 5.02 Å². The number of hydrogen-bond donors (Lipinski definition) is 1. The Morgan fingerprint density at radius 2 is 1.66 bits per heavy atom. The number of amides is 1. The Labute approximate surface area is 233 Å². The van der Waals surface area contributed by atoms with Gasteiger partial charge in [0.1, 0.15) is 5.60 Å². The van der Waals surface area contributed by atoms with E-state index in [0.29, 0.717) is 29.1 Å². The van der Waals surface area contributed by atoms with Crippen LogP contribution in [0.3, 0.4) is 0 Å². The maximum Gasteiger partial charge on any atom is 0.410 e. The van der Waals surface area contributed by atoms with Crippen molar-refractivity contribution in [3.8, 4) is 0 Å². The molecule has 8 heteroatoms. The number of carbonyl (C=O) groups is 2. The average Bonchev–Trinajstić information content (AvgIpc) is 2.89. The molecule has 6 nitrogen and oxygen atoms in total. The lowest BCUT2D eigenvalue weighted by atomic mass is 10.1. The maximum absolute atomic E-state index is 12.9. The van der Waals surface area contributed by atoms with Crippen LogP contribution in [0.4, 0.5) is 4.79 Å². The molecule has 0 spiro atoms. The van der Waals surface area contributed by atoms with Crippen molar-refractivity contribution in [1.82, 2.24) is 4.90 Å². The van der Waals surface area contributed by atoms with Gasteiger partial charge in [0.2, 0.25) is 0 Å². The molecule has 3 aromatic rings. The van der Waals surface area contributed by atoms with Crippen molar-refractivity contribution < 1.29 is 24.2 Å². The van der Waals surface area contributed by atoms with Crippen molar-refractivity contribution in [1.29, 1.82) is 0 Å². The molecule has 0 aliphatic carbocycles. The molecule has 0 fully saturated rings. The van der Waals surface area contributed by atoms with E-state index in [9.17, 15) is 14.7 Å². The minimum Gasteiger partial charge on any atom is -0.465 e. The Morgan fingerprint density at radius 3 is 2.26 bits per heavy atom. The van der Waals surface area contributed by atoms with E-state index >= 15 is 0 Å². The number of thioether (sulfide) groups is 1. The standard InChI is InChI=1S/C30H34ClNO5S/c1-30(2,3)37-29(35)32(19-27(33)24-6-5-7-25(31)18-24)17-16-21-10-14-26(15-11-21)38-20-22-8-12-23(13-9-22)28(34)36-4/h5-15,18,27,33H,16-17,19-20H2,1-4H3/t27-/m0/s1. The molecule has 0 aliphatic rings. The molecule has 0 aliphatic heterocycles. The summed E-state index contributed by atoms with van der Waals surface area (Å²) >= 11 is 7.77. The van der Waals surface area contributed by atoms with Gasteiger partial charge < -0.3 is 19.5 Å². The van der Waals surface area contributed by atoms with E-state index in [1.165, 1.54) is 12.0 Å². The summed E-state index contributed by atoms with van der Waals surface area (Å²) in [4.78, 5) is 27.1. The van der Waals surface area contributed by atoms with Gasteiger partial charge in [-0.25, -0.2) is 9.59 Å². The summed E-state index contributed by atoms with van der Waals surface area (Å²) in [6.07, 6.45) is -0.743. The molecule has 3 rings (SSSR count). The third-order valence-corrected chi connectivity index (χ3v) is 6.97. The highest BCUT2D eigenvalue weighted by atomic mass is 35.5. The SMILES string of the molecule is COC(=O)c1ccc(CSc2ccc(CCN(C[C@H](O)c3cccc(Cl)c3)C(=O)OC(C)(C)C)cc2)cc1. The van der Waals surface area contributed by atoms with Gasteiger partial charge in [0.25, 0.3) is 0 Å². The van der Waals surface area contributed by atoms with E-state index in [1.807, 2.05) is 45.0 Å². The zero-order valence-corrected chi connectivity index (χ0v) is 23.7. The summed E-state index contributed by atoms with van der Waals surface area (Å²) in [5.41, 5.74) is 2.72. The number of rotatable bonds is 10. The van der Waals surface area contributed by atoms with Crippen LogP contribution in [0.1, 0.15) is 53.9 Å². The molecule has 0 unspecified atom stereocenters. The summed E-state index contributed by atoms with van der Waals surface area (Å²) in [6.45, 7) is 5.95. The molecule has 0 bridgehead atoms. The molecule has 0 saturated heterocycles. The number of ether oxygens (including phenoxy) is 2. The number of nitrogens with zero attached hydrogens (tertiary/aromatic N) is 1. The number of methoxy groups -OCH3 is 1. The molecule has 38 heavy (non-hydrogen) atoms. The minimum absolute atomic E-state index is 0.0952. The zero-order valence-electron chi connectivity index (χ0n) is 22.1. The van der Waals surface area contributed by atoms with Gasteiger partial charge in [-0.2, -0.15) is 0 Å². The molecule has 0 radical (unpaired) electrons. The first kappa shape index (κ1) is 29.6. The Bertz CT molecular complexity index is 1210. The quantitative estimate of drug-likeness (QED) is 0.216. The van der Waals surface area contributed by atoms with E-state index in [1.54, 1.807) is 48.2 Å². The third kappa shape index (κ3) is 9.39. The summed E-state index contributed by atoms with van der Waals surface area (Å²) in [5, 5.41) is 11.3. The molecule has 1 atom stereocenters. The number of aliphatic hydroxyl groups is 1. The lowest BCUT2D eigenvalue weighted by Crippen LogP contribution is -2.40. The molecule has 0 saturated carbocycles. The first-order valence-electron chi connectivity index (χ1n) is 12.3. The molecule has 1 amide bonds. The van der Waals surface area contributed by atoms with Crippen LogP contribution in [0.25, 0.3) is 0 Å². The van der Waals surface area contributed by atoms with Crippen molar-refractivity contribution in [2.45, 2.75) is 49.5 Å². The highest BCUT2D eigenvalue weighted by Crippen LogP contribution is 2.24. The minimum atomic E-state index is -0.887. The van der Waals surface area contributed by atoms with Crippen molar-refractivity contribution in [2.24, 2.45) is 0 Å². The molecule has 0 aromatic heterocycles. The van der Waals surface area contributed by atoms with Crippen molar-refractivity contribution in [3.63, 3.8) is 0 Å². The molecule has 202 valence electrons. The number of hydrogen-bond acceptors (Lipinski definition) is 6. The Kier molecular flexibility index (Phi) is 10.6. The van der Waals surface area contributed by atoms with E-state index in [2.05, 4.69) is 12.1 Å². The Balaban J connectivity index is 1.59.